The first kappa shape index (κ1) is 16.8. The fourth-order valence-electron chi connectivity index (χ4n) is 2.78. The number of benzene rings is 2. The summed E-state index contributed by atoms with van der Waals surface area (Å²) in [5, 5.41) is 7.42. The number of anilines is 1. The number of hydrogen-bond acceptors (Lipinski definition) is 6. The maximum absolute atomic E-state index is 5.48. The summed E-state index contributed by atoms with van der Waals surface area (Å²) >= 11 is 0. The van der Waals surface area contributed by atoms with E-state index in [0.717, 1.165) is 22.4 Å². The third-order valence-electron chi connectivity index (χ3n) is 4.13. The first-order valence-electron chi connectivity index (χ1n) is 8.55. The van der Waals surface area contributed by atoms with E-state index in [4.69, 9.17) is 9.26 Å². The number of rotatable bonds is 6. The first-order valence-corrected chi connectivity index (χ1v) is 8.55. The Labute approximate surface area is 156 Å². The normalized spacial score (nSPS) is 10.6. The second-order valence-corrected chi connectivity index (χ2v) is 5.85. The number of nitrogens with one attached hydrogen (secondary N) is 1. The maximum atomic E-state index is 5.48. The Kier molecular flexibility index (Phi) is 4.78. The molecule has 134 valence electrons. The third-order valence-corrected chi connectivity index (χ3v) is 4.13. The molecule has 0 amide bonds. The Balaban J connectivity index is 1.59. The fourth-order valence-corrected chi connectivity index (χ4v) is 2.78. The van der Waals surface area contributed by atoms with E-state index >= 15 is 0 Å². The highest BCUT2D eigenvalue weighted by Crippen LogP contribution is 2.28. The predicted octanol–water partition coefficient (Wildman–Crippen LogP) is 4.42. The zero-order valence-electron chi connectivity index (χ0n) is 14.8. The molecule has 27 heavy (non-hydrogen) atoms. The average Bonchev–Trinajstić information content (AvgIpc) is 3.23. The lowest BCUT2D eigenvalue weighted by Gasteiger charge is -2.11. The van der Waals surface area contributed by atoms with Gasteiger partial charge in [-0.1, -0.05) is 53.7 Å². The van der Waals surface area contributed by atoms with Crippen molar-refractivity contribution in [3.05, 3.63) is 78.5 Å². The van der Waals surface area contributed by atoms with Crippen molar-refractivity contribution in [1.82, 2.24) is 15.1 Å². The van der Waals surface area contributed by atoms with Crippen molar-refractivity contribution in [3.8, 4) is 28.6 Å². The number of methoxy groups -OCH3 is 1. The van der Waals surface area contributed by atoms with Gasteiger partial charge in [0.15, 0.2) is 0 Å². The van der Waals surface area contributed by atoms with E-state index in [1.165, 1.54) is 0 Å². The Morgan fingerprint density at radius 1 is 0.963 bits per heavy atom. The lowest BCUT2D eigenvalue weighted by Crippen LogP contribution is -2.04. The Morgan fingerprint density at radius 2 is 1.78 bits per heavy atom. The van der Waals surface area contributed by atoms with E-state index in [1.807, 2.05) is 66.7 Å². The van der Waals surface area contributed by atoms with Crippen LogP contribution in [-0.2, 0) is 6.54 Å². The van der Waals surface area contributed by atoms with Gasteiger partial charge in [0.25, 0.3) is 5.89 Å². The van der Waals surface area contributed by atoms with Gasteiger partial charge >= 0.3 is 0 Å². The van der Waals surface area contributed by atoms with Crippen LogP contribution in [0, 0.1) is 0 Å². The van der Waals surface area contributed by atoms with Gasteiger partial charge in [0, 0.05) is 23.9 Å². The number of nitrogens with zero attached hydrogens (tertiary/aromatic N) is 3. The minimum atomic E-state index is 0.421. The SMILES string of the molecule is COc1ccccc1CNc1ncccc1-c1nc(-c2ccccc2)no1. The second kappa shape index (κ2) is 7.70. The third kappa shape index (κ3) is 3.64. The largest absolute Gasteiger partial charge is 0.496 e. The molecular weight excluding hydrogens is 340 g/mol. The van der Waals surface area contributed by atoms with Crippen molar-refractivity contribution < 1.29 is 9.26 Å². The summed E-state index contributed by atoms with van der Waals surface area (Å²) in [6, 6.07) is 21.3. The molecule has 4 aromatic rings. The van der Waals surface area contributed by atoms with Gasteiger partial charge in [-0.25, -0.2) is 4.98 Å². The average molecular weight is 358 g/mol. The van der Waals surface area contributed by atoms with Crippen molar-refractivity contribution in [2.45, 2.75) is 6.54 Å². The van der Waals surface area contributed by atoms with Gasteiger partial charge in [0.1, 0.15) is 11.6 Å². The molecule has 0 bridgehead atoms. The van der Waals surface area contributed by atoms with Gasteiger partial charge in [0.2, 0.25) is 5.82 Å². The molecule has 2 aromatic carbocycles. The quantitative estimate of drug-likeness (QED) is 0.550. The van der Waals surface area contributed by atoms with Crippen LogP contribution in [0.2, 0.25) is 0 Å². The minimum Gasteiger partial charge on any atom is -0.496 e. The molecule has 0 saturated carbocycles. The van der Waals surface area contributed by atoms with Gasteiger partial charge in [-0.3, -0.25) is 0 Å². The molecule has 0 aliphatic heterocycles. The highest BCUT2D eigenvalue weighted by atomic mass is 16.5. The van der Waals surface area contributed by atoms with Crippen LogP contribution in [0.3, 0.4) is 0 Å². The van der Waals surface area contributed by atoms with E-state index in [-0.39, 0.29) is 0 Å². The molecule has 0 spiro atoms. The highest BCUT2D eigenvalue weighted by Gasteiger charge is 2.15. The molecule has 0 atom stereocenters. The molecule has 0 fully saturated rings. The standard InChI is InChI=1S/C21H18N4O2/c1-26-18-12-6-5-10-16(18)14-23-20-17(11-7-13-22-20)21-24-19(25-27-21)15-8-3-2-4-9-15/h2-13H,14H2,1H3,(H,22,23). The van der Waals surface area contributed by atoms with E-state index in [9.17, 15) is 0 Å². The minimum absolute atomic E-state index is 0.421. The summed E-state index contributed by atoms with van der Waals surface area (Å²) < 4.78 is 10.9. The van der Waals surface area contributed by atoms with Gasteiger partial charge in [-0.2, -0.15) is 4.98 Å². The Hall–Kier alpha value is -3.67. The molecule has 0 unspecified atom stereocenters. The second-order valence-electron chi connectivity index (χ2n) is 5.85. The molecule has 2 heterocycles. The topological polar surface area (TPSA) is 73.1 Å². The smallest absolute Gasteiger partial charge is 0.261 e. The number of para-hydroxylation sites is 1. The molecule has 6 nitrogen and oxygen atoms in total. The van der Waals surface area contributed by atoms with Crippen LogP contribution in [0.15, 0.2) is 77.4 Å². The van der Waals surface area contributed by atoms with Gasteiger partial charge < -0.3 is 14.6 Å². The lowest BCUT2D eigenvalue weighted by molar-refractivity contribution is 0.410. The Morgan fingerprint density at radius 3 is 2.63 bits per heavy atom. The monoisotopic (exact) mass is 358 g/mol. The van der Waals surface area contributed by atoms with Crippen molar-refractivity contribution in [1.29, 1.82) is 0 Å². The number of ether oxygens (including phenoxy) is 1. The molecule has 0 saturated heterocycles. The zero-order valence-corrected chi connectivity index (χ0v) is 14.8. The van der Waals surface area contributed by atoms with Gasteiger partial charge in [-0.05, 0) is 18.2 Å². The molecule has 2 aromatic heterocycles. The van der Waals surface area contributed by atoms with E-state index < -0.39 is 0 Å². The molecule has 6 heteroatoms. The summed E-state index contributed by atoms with van der Waals surface area (Å²) in [4.78, 5) is 8.95. The van der Waals surface area contributed by atoms with Crippen molar-refractivity contribution in [2.75, 3.05) is 12.4 Å². The van der Waals surface area contributed by atoms with E-state index in [2.05, 4.69) is 20.4 Å². The first-order chi connectivity index (χ1) is 13.3. The number of aromatic nitrogens is 3. The summed E-state index contributed by atoms with van der Waals surface area (Å²) in [6.45, 7) is 0.563. The van der Waals surface area contributed by atoms with E-state index in [1.54, 1.807) is 13.3 Å². The Bertz CT molecular complexity index is 1030. The summed E-state index contributed by atoms with van der Waals surface area (Å²) in [7, 11) is 1.66. The zero-order chi connectivity index (χ0) is 18.5. The van der Waals surface area contributed by atoms with Crippen LogP contribution in [0.25, 0.3) is 22.8 Å². The molecule has 0 aliphatic carbocycles. The highest BCUT2D eigenvalue weighted by molar-refractivity contribution is 5.70. The summed E-state index contributed by atoms with van der Waals surface area (Å²) in [5.41, 5.74) is 2.69. The summed E-state index contributed by atoms with van der Waals surface area (Å²) in [6.07, 6.45) is 1.72. The molecule has 0 radical (unpaired) electrons. The van der Waals surface area contributed by atoms with Crippen LogP contribution in [0.5, 0.6) is 5.75 Å². The van der Waals surface area contributed by atoms with Crippen LogP contribution in [0.1, 0.15) is 5.56 Å². The van der Waals surface area contributed by atoms with Gasteiger partial charge in [0.05, 0.1) is 12.7 Å². The maximum Gasteiger partial charge on any atom is 0.261 e. The number of pyridine rings is 1. The van der Waals surface area contributed by atoms with Crippen LogP contribution in [0.4, 0.5) is 5.82 Å². The molecule has 0 aliphatic rings. The molecule has 1 N–H and O–H groups in total. The van der Waals surface area contributed by atoms with Crippen LogP contribution >= 0.6 is 0 Å². The van der Waals surface area contributed by atoms with Crippen molar-refractivity contribution in [2.24, 2.45) is 0 Å². The number of hydrogen-bond donors (Lipinski definition) is 1. The van der Waals surface area contributed by atoms with Crippen molar-refractivity contribution in [3.63, 3.8) is 0 Å². The summed E-state index contributed by atoms with van der Waals surface area (Å²) in [5.74, 6) is 2.47. The van der Waals surface area contributed by atoms with Crippen LogP contribution < -0.4 is 10.1 Å². The predicted molar refractivity (Wildman–Crippen MR) is 103 cm³/mol. The van der Waals surface area contributed by atoms with Crippen LogP contribution in [-0.4, -0.2) is 22.2 Å². The fraction of sp³-hybridized carbons (Fsp3) is 0.0952. The molecular formula is C21H18N4O2. The molecule has 4 rings (SSSR count). The van der Waals surface area contributed by atoms with Crippen molar-refractivity contribution >= 4 is 5.82 Å². The van der Waals surface area contributed by atoms with Gasteiger partial charge in [-0.15, -0.1) is 0 Å². The van der Waals surface area contributed by atoms with E-state index in [0.29, 0.717) is 24.1 Å². The lowest BCUT2D eigenvalue weighted by atomic mass is 10.2.